The molecule has 1 aromatic heterocycles. The molecule has 1 aliphatic heterocycles. The van der Waals surface area contributed by atoms with Crippen molar-refractivity contribution in [2.45, 2.75) is 30.7 Å². The lowest BCUT2D eigenvalue weighted by atomic mass is 10.1. The number of halogens is 6. The Morgan fingerprint density at radius 3 is 1.94 bits per heavy atom. The minimum atomic E-state index is -5.17. The first-order chi connectivity index (χ1) is 14.7. The molecule has 0 N–H and O–H groups in total. The van der Waals surface area contributed by atoms with Gasteiger partial charge < -0.3 is 4.90 Å². The Morgan fingerprint density at radius 2 is 1.50 bits per heavy atom. The number of alkyl halides is 6. The average Bonchev–Trinajstić information content (AvgIpc) is 3.11. The van der Waals surface area contributed by atoms with E-state index in [9.17, 15) is 39.6 Å². The van der Waals surface area contributed by atoms with E-state index in [1.165, 1.54) is 9.58 Å². The van der Waals surface area contributed by atoms with E-state index < -0.39 is 38.4 Å². The van der Waals surface area contributed by atoms with Gasteiger partial charge in [0.1, 0.15) is 6.54 Å². The second kappa shape index (κ2) is 8.39. The first-order valence-corrected chi connectivity index (χ1v) is 10.7. The van der Waals surface area contributed by atoms with Crippen LogP contribution >= 0.6 is 0 Å². The molecule has 1 amide bonds. The maximum absolute atomic E-state index is 13.1. The van der Waals surface area contributed by atoms with E-state index in [4.69, 9.17) is 0 Å². The van der Waals surface area contributed by atoms with E-state index in [1.807, 2.05) is 0 Å². The van der Waals surface area contributed by atoms with Gasteiger partial charge >= 0.3 is 12.4 Å². The van der Waals surface area contributed by atoms with Crippen LogP contribution in [-0.2, 0) is 33.7 Å². The third-order valence-corrected chi connectivity index (χ3v) is 6.73. The minimum Gasteiger partial charge on any atom is -0.338 e. The van der Waals surface area contributed by atoms with E-state index in [0.29, 0.717) is 0 Å². The van der Waals surface area contributed by atoms with Crippen molar-refractivity contribution in [2.24, 2.45) is 0 Å². The highest BCUT2D eigenvalue weighted by atomic mass is 32.2. The number of rotatable bonds is 4. The number of piperazine rings is 1. The van der Waals surface area contributed by atoms with E-state index in [0.717, 1.165) is 9.87 Å². The van der Waals surface area contributed by atoms with Crippen LogP contribution in [0.4, 0.5) is 26.3 Å². The third kappa shape index (κ3) is 5.23. The highest BCUT2D eigenvalue weighted by Crippen LogP contribution is 2.37. The first-order valence-electron chi connectivity index (χ1n) is 9.24. The largest absolute Gasteiger partial charge is 0.416 e. The van der Waals surface area contributed by atoms with Crippen LogP contribution in [0.2, 0.25) is 0 Å². The van der Waals surface area contributed by atoms with Crippen molar-refractivity contribution in [2.75, 3.05) is 26.2 Å². The summed E-state index contributed by atoms with van der Waals surface area (Å²) < 4.78 is 106. The van der Waals surface area contributed by atoms with Crippen molar-refractivity contribution in [1.29, 1.82) is 0 Å². The number of carbonyl (C=O) groups excluding carboxylic acids is 1. The van der Waals surface area contributed by atoms with Gasteiger partial charge in [-0.05, 0) is 30.7 Å². The summed E-state index contributed by atoms with van der Waals surface area (Å²) in [5.41, 5.74) is -2.59. The monoisotopic (exact) mass is 484 g/mol. The second-order valence-corrected chi connectivity index (χ2v) is 9.18. The maximum atomic E-state index is 13.1. The Bertz CT molecular complexity index is 1070. The molecule has 0 saturated carbocycles. The molecule has 0 atom stereocenters. The van der Waals surface area contributed by atoms with Crippen LogP contribution in [0.15, 0.2) is 35.5 Å². The van der Waals surface area contributed by atoms with Crippen molar-refractivity contribution < 1.29 is 39.6 Å². The molecule has 0 spiro atoms. The van der Waals surface area contributed by atoms with Crippen molar-refractivity contribution in [3.05, 3.63) is 47.3 Å². The van der Waals surface area contributed by atoms with E-state index in [2.05, 4.69) is 5.10 Å². The van der Waals surface area contributed by atoms with Gasteiger partial charge in [0.15, 0.2) is 0 Å². The lowest BCUT2D eigenvalue weighted by molar-refractivity contribution is -0.143. The summed E-state index contributed by atoms with van der Waals surface area (Å²) in [4.78, 5) is 12.6. The van der Waals surface area contributed by atoms with Crippen molar-refractivity contribution >= 4 is 15.9 Å². The van der Waals surface area contributed by atoms with Crippen molar-refractivity contribution in [3.63, 3.8) is 0 Å². The molecule has 1 saturated heterocycles. The number of sulfonamides is 1. The molecule has 14 heteroatoms. The Hall–Kier alpha value is -2.61. The summed E-state index contributed by atoms with van der Waals surface area (Å²) >= 11 is 0. The van der Waals surface area contributed by atoms with Crippen molar-refractivity contribution in [1.82, 2.24) is 19.0 Å². The molecule has 32 heavy (non-hydrogen) atoms. The SMILES string of the molecule is Cc1cnn(CC(=O)N2CCN(S(=O)(=O)c3cc(C(F)(F)F)cc(C(F)(F)F)c3)CC2)c1. The lowest BCUT2D eigenvalue weighted by Gasteiger charge is -2.34. The number of nitrogens with zero attached hydrogens (tertiary/aromatic N) is 4. The number of benzene rings is 1. The molecule has 7 nitrogen and oxygen atoms in total. The van der Waals surface area contributed by atoms with Crippen LogP contribution in [0.3, 0.4) is 0 Å². The smallest absolute Gasteiger partial charge is 0.338 e. The topological polar surface area (TPSA) is 75.5 Å². The summed E-state index contributed by atoms with van der Waals surface area (Å²) in [6.07, 6.45) is -7.13. The van der Waals surface area contributed by atoms with E-state index in [1.54, 1.807) is 19.3 Å². The predicted molar refractivity (Wildman–Crippen MR) is 98.7 cm³/mol. The van der Waals surface area contributed by atoms with Crippen LogP contribution in [0.1, 0.15) is 16.7 Å². The highest BCUT2D eigenvalue weighted by Gasteiger charge is 2.39. The Kier molecular flexibility index (Phi) is 6.30. The van der Waals surface area contributed by atoms with Crippen LogP contribution in [0.25, 0.3) is 0 Å². The van der Waals surface area contributed by atoms with Crippen LogP contribution in [-0.4, -0.2) is 59.5 Å². The van der Waals surface area contributed by atoms with Gasteiger partial charge in [-0.25, -0.2) is 8.42 Å². The summed E-state index contributed by atoms with van der Waals surface area (Å²) in [7, 11) is -4.65. The zero-order valence-electron chi connectivity index (χ0n) is 16.6. The molecule has 176 valence electrons. The molecular weight excluding hydrogens is 466 g/mol. The van der Waals surface area contributed by atoms with Gasteiger partial charge in [-0.2, -0.15) is 35.7 Å². The fraction of sp³-hybridized carbons (Fsp3) is 0.444. The quantitative estimate of drug-likeness (QED) is 0.626. The van der Waals surface area contributed by atoms with Crippen molar-refractivity contribution in [3.8, 4) is 0 Å². The van der Waals surface area contributed by atoms with Gasteiger partial charge in [-0.1, -0.05) is 0 Å². The lowest BCUT2D eigenvalue weighted by Crippen LogP contribution is -2.51. The molecule has 2 heterocycles. The van der Waals surface area contributed by atoms with Gasteiger partial charge in [0.25, 0.3) is 0 Å². The summed E-state index contributed by atoms with van der Waals surface area (Å²) in [5, 5.41) is 3.98. The first kappa shape index (κ1) is 24.0. The summed E-state index contributed by atoms with van der Waals surface area (Å²) in [6.45, 7) is 1.03. The zero-order valence-corrected chi connectivity index (χ0v) is 17.4. The predicted octanol–water partition coefficient (Wildman–Crippen LogP) is 2.76. The fourth-order valence-electron chi connectivity index (χ4n) is 3.19. The molecule has 2 aromatic rings. The van der Waals surface area contributed by atoms with Gasteiger partial charge in [-0.15, -0.1) is 0 Å². The molecule has 3 rings (SSSR count). The third-order valence-electron chi connectivity index (χ3n) is 4.85. The van der Waals surface area contributed by atoms with Crippen LogP contribution < -0.4 is 0 Å². The maximum Gasteiger partial charge on any atom is 0.416 e. The molecular formula is C18H18F6N4O3S. The fourth-order valence-corrected chi connectivity index (χ4v) is 4.69. The zero-order chi connectivity index (χ0) is 23.9. The molecule has 0 bridgehead atoms. The number of aromatic nitrogens is 2. The number of carbonyl (C=O) groups is 1. The average molecular weight is 484 g/mol. The normalized spacial score (nSPS) is 16.4. The van der Waals surface area contributed by atoms with E-state index >= 15 is 0 Å². The Balaban J connectivity index is 1.78. The number of aryl methyl sites for hydroxylation is 1. The van der Waals surface area contributed by atoms with Crippen LogP contribution in [0, 0.1) is 6.92 Å². The minimum absolute atomic E-state index is 0.0661. The highest BCUT2D eigenvalue weighted by molar-refractivity contribution is 7.89. The number of hydrogen-bond donors (Lipinski definition) is 0. The molecule has 1 aromatic carbocycles. The standard InChI is InChI=1S/C18H18F6N4O3S/c1-12-9-25-27(10-12)11-16(29)26-2-4-28(5-3-26)32(30,31)15-7-13(17(19,20)21)6-14(8-15)18(22,23)24/h6-10H,2-5,11H2,1H3. The Morgan fingerprint density at radius 1 is 0.969 bits per heavy atom. The van der Waals surface area contributed by atoms with Crippen LogP contribution in [0.5, 0.6) is 0 Å². The molecule has 0 radical (unpaired) electrons. The molecule has 1 aliphatic rings. The number of hydrogen-bond acceptors (Lipinski definition) is 4. The Labute approximate surface area is 179 Å². The second-order valence-electron chi connectivity index (χ2n) is 7.24. The molecule has 0 unspecified atom stereocenters. The van der Waals surface area contributed by atoms with Gasteiger partial charge in [0, 0.05) is 32.4 Å². The molecule has 1 fully saturated rings. The number of amides is 1. The van der Waals surface area contributed by atoms with E-state index in [-0.39, 0.29) is 56.8 Å². The van der Waals surface area contributed by atoms with Gasteiger partial charge in [0.05, 0.1) is 22.2 Å². The molecule has 0 aliphatic carbocycles. The summed E-state index contributed by atoms with van der Waals surface area (Å²) in [6, 6.07) is 0.233. The van der Waals surface area contributed by atoms with Gasteiger partial charge in [-0.3, -0.25) is 9.48 Å². The van der Waals surface area contributed by atoms with Gasteiger partial charge in [0.2, 0.25) is 15.9 Å². The summed E-state index contributed by atoms with van der Waals surface area (Å²) in [5.74, 6) is -0.344.